The van der Waals surface area contributed by atoms with Crippen LogP contribution in [-0.4, -0.2) is 4.57 Å². The van der Waals surface area contributed by atoms with Crippen LogP contribution in [-0.2, 0) is 7.05 Å². The minimum absolute atomic E-state index is 1.19. The van der Waals surface area contributed by atoms with E-state index in [0.29, 0.717) is 0 Å². The van der Waals surface area contributed by atoms with E-state index >= 15 is 0 Å². The van der Waals surface area contributed by atoms with Crippen molar-refractivity contribution in [2.75, 3.05) is 0 Å². The summed E-state index contributed by atoms with van der Waals surface area (Å²) in [6, 6.07) is 35.1. The van der Waals surface area contributed by atoms with Crippen LogP contribution in [0.15, 0.2) is 103 Å². The molecule has 2 heterocycles. The van der Waals surface area contributed by atoms with E-state index in [1.54, 1.807) is 0 Å². The molecule has 0 atom stereocenters. The van der Waals surface area contributed by atoms with Gasteiger partial charge in [0, 0.05) is 28.6 Å². The third-order valence-corrected chi connectivity index (χ3v) is 6.36. The molecule has 0 aliphatic rings. The Balaban J connectivity index is 1.65. The quantitative estimate of drug-likeness (QED) is 0.285. The van der Waals surface area contributed by atoms with Crippen molar-refractivity contribution < 1.29 is 4.57 Å². The van der Waals surface area contributed by atoms with Gasteiger partial charge in [0.2, 0.25) is 5.69 Å². The SMILES string of the molecule is Cc1ccc2cc(-n3c4ccccc4c4ccccc43)ccc2c1-c1cccc[n+]1C. The van der Waals surface area contributed by atoms with Gasteiger partial charge in [-0.2, -0.15) is 0 Å². The molecule has 0 radical (unpaired) electrons. The first kappa shape index (κ1) is 17.9. The summed E-state index contributed by atoms with van der Waals surface area (Å²) in [6.07, 6.45) is 2.11. The van der Waals surface area contributed by atoms with Crippen LogP contribution in [0.1, 0.15) is 5.56 Å². The fourth-order valence-corrected chi connectivity index (χ4v) is 4.89. The van der Waals surface area contributed by atoms with Gasteiger partial charge in [-0.3, -0.25) is 0 Å². The zero-order valence-electron chi connectivity index (χ0n) is 17.7. The van der Waals surface area contributed by atoms with E-state index in [-0.39, 0.29) is 0 Å². The second kappa shape index (κ2) is 6.82. The van der Waals surface area contributed by atoms with Gasteiger partial charge in [-0.05, 0) is 53.6 Å². The highest BCUT2D eigenvalue weighted by molar-refractivity contribution is 6.09. The molecule has 148 valence electrons. The standard InChI is InChI=1S/C29H23N2/c1-20-14-15-21-19-22(16-17-23(21)29(20)28-13-7-8-18-30(28)2)31-26-11-5-3-9-24(26)25-10-4-6-12-27(25)31/h3-19H,1-2H3/q+1. The molecule has 2 heteroatoms. The third kappa shape index (κ3) is 2.69. The molecule has 0 aliphatic heterocycles. The summed E-state index contributed by atoms with van der Waals surface area (Å²) in [6.45, 7) is 2.20. The van der Waals surface area contributed by atoms with Crippen molar-refractivity contribution in [2.45, 2.75) is 6.92 Å². The van der Waals surface area contributed by atoms with Crippen molar-refractivity contribution in [1.82, 2.24) is 4.57 Å². The maximum Gasteiger partial charge on any atom is 0.213 e. The van der Waals surface area contributed by atoms with Crippen LogP contribution in [0.4, 0.5) is 0 Å². The van der Waals surface area contributed by atoms with Gasteiger partial charge in [0.15, 0.2) is 6.20 Å². The second-order valence-corrected chi connectivity index (χ2v) is 8.23. The zero-order chi connectivity index (χ0) is 20.9. The van der Waals surface area contributed by atoms with E-state index in [9.17, 15) is 0 Å². The minimum Gasteiger partial charge on any atom is -0.309 e. The first-order chi connectivity index (χ1) is 15.2. The number of para-hydroxylation sites is 2. The minimum atomic E-state index is 1.19. The summed E-state index contributed by atoms with van der Waals surface area (Å²) < 4.78 is 4.58. The van der Waals surface area contributed by atoms with Crippen LogP contribution in [0.3, 0.4) is 0 Å². The smallest absolute Gasteiger partial charge is 0.213 e. The Bertz CT molecular complexity index is 1550. The highest BCUT2D eigenvalue weighted by Gasteiger charge is 2.17. The van der Waals surface area contributed by atoms with Gasteiger partial charge in [-0.25, -0.2) is 4.57 Å². The number of hydrogen-bond donors (Lipinski definition) is 0. The van der Waals surface area contributed by atoms with Crippen LogP contribution in [0.25, 0.3) is 49.5 Å². The van der Waals surface area contributed by atoms with Gasteiger partial charge in [-0.15, -0.1) is 0 Å². The molecule has 0 bridgehead atoms. The Morgan fingerprint density at radius 2 is 1.32 bits per heavy atom. The summed E-state index contributed by atoms with van der Waals surface area (Å²) in [5.74, 6) is 0. The molecule has 31 heavy (non-hydrogen) atoms. The summed E-state index contributed by atoms with van der Waals surface area (Å²) in [5, 5.41) is 5.12. The summed E-state index contributed by atoms with van der Waals surface area (Å²) in [5.41, 5.74) is 7.50. The van der Waals surface area contributed by atoms with Gasteiger partial charge in [0.25, 0.3) is 0 Å². The molecular weight excluding hydrogens is 376 g/mol. The van der Waals surface area contributed by atoms with Crippen LogP contribution < -0.4 is 4.57 Å². The predicted octanol–water partition coefficient (Wildman–Crippen LogP) is 6.74. The second-order valence-electron chi connectivity index (χ2n) is 8.23. The lowest BCUT2D eigenvalue weighted by Gasteiger charge is -2.12. The Morgan fingerprint density at radius 3 is 2.03 bits per heavy atom. The van der Waals surface area contributed by atoms with E-state index in [4.69, 9.17) is 0 Å². The fourth-order valence-electron chi connectivity index (χ4n) is 4.89. The Labute approximate surface area is 181 Å². The van der Waals surface area contributed by atoms with Gasteiger partial charge in [0.1, 0.15) is 7.05 Å². The normalized spacial score (nSPS) is 11.5. The molecule has 0 aliphatic carbocycles. The highest BCUT2D eigenvalue weighted by atomic mass is 15.0. The lowest BCUT2D eigenvalue weighted by Crippen LogP contribution is -2.30. The highest BCUT2D eigenvalue weighted by Crippen LogP contribution is 2.35. The lowest BCUT2D eigenvalue weighted by atomic mass is 9.96. The molecular formula is C29H23N2+. The van der Waals surface area contributed by atoms with Crippen molar-refractivity contribution in [2.24, 2.45) is 7.05 Å². The van der Waals surface area contributed by atoms with E-state index in [1.807, 2.05) is 0 Å². The molecule has 6 aromatic rings. The molecule has 0 spiro atoms. The molecule has 0 fully saturated rings. The van der Waals surface area contributed by atoms with Crippen molar-refractivity contribution in [3.05, 3.63) is 109 Å². The van der Waals surface area contributed by atoms with Gasteiger partial charge >= 0.3 is 0 Å². The first-order valence-electron chi connectivity index (χ1n) is 10.7. The maximum absolute atomic E-state index is 2.38. The fraction of sp³-hybridized carbons (Fsp3) is 0.0690. The van der Waals surface area contributed by atoms with Crippen molar-refractivity contribution >= 4 is 32.6 Å². The molecule has 0 unspecified atom stereocenters. The van der Waals surface area contributed by atoms with E-state index < -0.39 is 0 Å². The molecule has 0 N–H and O–H groups in total. The number of pyridine rings is 1. The number of rotatable bonds is 2. The largest absolute Gasteiger partial charge is 0.309 e. The Kier molecular flexibility index (Phi) is 3.94. The molecule has 0 saturated carbocycles. The van der Waals surface area contributed by atoms with E-state index in [2.05, 4.69) is 126 Å². The van der Waals surface area contributed by atoms with Crippen molar-refractivity contribution in [3.8, 4) is 16.9 Å². The maximum atomic E-state index is 2.38. The van der Waals surface area contributed by atoms with E-state index in [0.717, 1.165) is 0 Å². The van der Waals surface area contributed by atoms with E-state index in [1.165, 1.54) is 55.1 Å². The lowest BCUT2D eigenvalue weighted by molar-refractivity contribution is -0.660. The average Bonchev–Trinajstić information content (AvgIpc) is 3.14. The number of nitrogens with zero attached hydrogens (tertiary/aromatic N) is 2. The first-order valence-corrected chi connectivity index (χ1v) is 10.7. The topological polar surface area (TPSA) is 8.81 Å². The van der Waals surface area contributed by atoms with Gasteiger partial charge in [0.05, 0.1) is 16.6 Å². The van der Waals surface area contributed by atoms with Crippen LogP contribution >= 0.6 is 0 Å². The number of hydrogen-bond acceptors (Lipinski definition) is 0. The average molecular weight is 400 g/mol. The van der Waals surface area contributed by atoms with Crippen molar-refractivity contribution in [1.29, 1.82) is 0 Å². The number of aromatic nitrogens is 2. The van der Waals surface area contributed by atoms with Crippen LogP contribution in [0.2, 0.25) is 0 Å². The molecule has 6 rings (SSSR count). The predicted molar refractivity (Wildman–Crippen MR) is 130 cm³/mol. The molecule has 4 aromatic carbocycles. The third-order valence-electron chi connectivity index (χ3n) is 6.36. The number of aryl methyl sites for hydroxylation is 2. The molecule has 2 nitrogen and oxygen atoms in total. The summed E-state index contributed by atoms with van der Waals surface area (Å²) in [4.78, 5) is 0. The van der Waals surface area contributed by atoms with Gasteiger partial charge in [-0.1, -0.05) is 54.6 Å². The van der Waals surface area contributed by atoms with Crippen LogP contribution in [0.5, 0.6) is 0 Å². The number of benzene rings is 4. The summed E-state index contributed by atoms with van der Waals surface area (Å²) >= 11 is 0. The zero-order valence-corrected chi connectivity index (χ0v) is 17.7. The molecule has 0 amide bonds. The van der Waals surface area contributed by atoms with Gasteiger partial charge < -0.3 is 4.57 Å². The summed E-state index contributed by atoms with van der Waals surface area (Å²) in [7, 11) is 2.11. The van der Waals surface area contributed by atoms with Crippen molar-refractivity contribution in [3.63, 3.8) is 0 Å². The monoisotopic (exact) mass is 399 g/mol. The molecule has 2 aromatic heterocycles. The Morgan fingerprint density at radius 1 is 0.645 bits per heavy atom. The number of fused-ring (bicyclic) bond motifs is 4. The molecule has 0 saturated heterocycles. The van der Waals surface area contributed by atoms with Crippen LogP contribution in [0, 0.1) is 6.92 Å². The Hall–Kier alpha value is -3.91.